The molecule has 3 N–H and O–H groups in total. The Morgan fingerprint density at radius 3 is 2.58 bits per heavy atom. The molecule has 2 aliphatic rings. The minimum Gasteiger partial charge on any atom is -0.383 e. The highest BCUT2D eigenvalue weighted by Crippen LogP contribution is 2.39. The van der Waals surface area contributed by atoms with E-state index in [4.69, 9.17) is 4.98 Å². The molecule has 2 aromatic heterocycles. The molecule has 0 spiro atoms. The van der Waals surface area contributed by atoms with Crippen LogP contribution in [0.2, 0.25) is 0 Å². The van der Waals surface area contributed by atoms with Crippen LogP contribution in [0.4, 0.5) is 36.2 Å². The van der Waals surface area contributed by atoms with E-state index in [2.05, 4.69) is 40.8 Å². The quantitative estimate of drug-likeness (QED) is 0.240. The first kappa shape index (κ1) is 29.0. The first-order valence-electron chi connectivity index (χ1n) is 14.9. The third-order valence-electron chi connectivity index (χ3n) is 8.61. The molecule has 2 aliphatic heterocycles. The second-order valence-corrected chi connectivity index (χ2v) is 11.2. The average molecular weight is 592 g/mol. The van der Waals surface area contributed by atoms with Crippen molar-refractivity contribution < 1.29 is 13.2 Å². The van der Waals surface area contributed by atoms with E-state index in [1.54, 1.807) is 21.7 Å². The number of pyridine rings is 1. The average Bonchev–Trinajstić information content (AvgIpc) is 3.02. The van der Waals surface area contributed by atoms with Crippen LogP contribution >= 0.6 is 0 Å². The van der Waals surface area contributed by atoms with E-state index in [1.165, 1.54) is 6.07 Å². The summed E-state index contributed by atoms with van der Waals surface area (Å²) in [6.45, 7) is 6.96. The third kappa shape index (κ3) is 5.78. The Balaban J connectivity index is 1.41. The molecule has 0 bridgehead atoms. The Morgan fingerprint density at radius 2 is 1.84 bits per heavy atom. The van der Waals surface area contributed by atoms with Gasteiger partial charge in [0.15, 0.2) is 0 Å². The molecule has 1 saturated heterocycles. The van der Waals surface area contributed by atoms with Gasteiger partial charge in [0.05, 0.1) is 11.6 Å². The minimum atomic E-state index is -4.53. The Labute approximate surface area is 248 Å². The maximum absolute atomic E-state index is 14.2. The van der Waals surface area contributed by atoms with Gasteiger partial charge in [0.2, 0.25) is 5.95 Å². The van der Waals surface area contributed by atoms with Crippen LogP contribution in [-0.2, 0) is 12.6 Å². The van der Waals surface area contributed by atoms with Crippen molar-refractivity contribution in [3.05, 3.63) is 81.8 Å². The maximum atomic E-state index is 14.2. The predicted molar refractivity (Wildman–Crippen MR) is 165 cm³/mol. The summed E-state index contributed by atoms with van der Waals surface area (Å²) in [4.78, 5) is 25.0. The number of anilines is 4. The van der Waals surface area contributed by atoms with Gasteiger partial charge in [0.25, 0.3) is 5.56 Å². The summed E-state index contributed by atoms with van der Waals surface area (Å²) in [5.41, 5.74) is 2.94. The molecule has 226 valence electrons. The monoisotopic (exact) mass is 591 g/mol. The first-order valence-corrected chi connectivity index (χ1v) is 14.9. The van der Waals surface area contributed by atoms with Crippen molar-refractivity contribution in [2.75, 3.05) is 48.3 Å². The molecule has 1 atom stereocenters. The van der Waals surface area contributed by atoms with E-state index >= 15 is 0 Å². The Bertz CT molecular complexity index is 1680. The SMILES string of the molecule is CCC(CC)c1cc2cnc(Nc3ccc(N4CCNCC4)c(C(F)(F)F)c3)nc2n(C2CNc3ccccc3C2)c1=O. The Hall–Kier alpha value is -4.12. The van der Waals surface area contributed by atoms with Gasteiger partial charge >= 0.3 is 6.18 Å². The molecule has 0 amide bonds. The van der Waals surface area contributed by atoms with Gasteiger partial charge in [0, 0.05) is 66.9 Å². The van der Waals surface area contributed by atoms with Gasteiger partial charge in [-0.25, -0.2) is 4.98 Å². The van der Waals surface area contributed by atoms with Crippen LogP contribution in [0.25, 0.3) is 11.0 Å². The van der Waals surface area contributed by atoms with Gasteiger partial charge < -0.3 is 20.9 Å². The molecule has 43 heavy (non-hydrogen) atoms. The van der Waals surface area contributed by atoms with E-state index < -0.39 is 11.7 Å². The highest BCUT2D eigenvalue weighted by Gasteiger charge is 2.35. The van der Waals surface area contributed by atoms with E-state index in [0.717, 1.165) is 41.1 Å². The first-order chi connectivity index (χ1) is 20.8. The molecular formula is C32H36F3N7O. The second-order valence-electron chi connectivity index (χ2n) is 11.2. The molecule has 4 aromatic rings. The topological polar surface area (TPSA) is 87.1 Å². The predicted octanol–water partition coefficient (Wildman–Crippen LogP) is 6.08. The molecule has 11 heteroatoms. The van der Waals surface area contributed by atoms with Crippen molar-refractivity contribution in [2.24, 2.45) is 0 Å². The smallest absolute Gasteiger partial charge is 0.383 e. The summed E-state index contributed by atoms with van der Waals surface area (Å²) in [6.07, 6.45) is -0.571. The van der Waals surface area contributed by atoms with Gasteiger partial charge in [-0.1, -0.05) is 32.0 Å². The lowest BCUT2D eigenvalue weighted by atomic mass is 9.93. The molecule has 8 nitrogen and oxygen atoms in total. The number of para-hydroxylation sites is 1. The van der Waals surface area contributed by atoms with Gasteiger partial charge in [-0.15, -0.1) is 0 Å². The standard InChI is InChI=1S/C32H36F3N7O/c1-3-20(4-2)25-16-22-18-38-31(39-23-9-10-28(26(17-23)32(33,34)35)41-13-11-36-12-14-41)40-29(22)42(30(25)43)24-15-21-7-5-6-8-27(21)37-19-24/h5-10,16-18,20,24,36-37H,3-4,11-15,19H2,1-2H3,(H,38,39,40). The Morgan fingerprint density at radius 1 is 1.07 bits per heavy atom. The van der Waals surface area contributed by atoms with Gasteiger partial charge in [-0.2, -0.15) is 18.2 Å². The summed E-state index contributed by atoms with van der Waals surface area (Å²) in [7, 11) is 0. The van der Waals surface area contributed by atoms with Gasteiger partial charge in [-0.05, 0) is 61.1 Å². The molecule has 6 rings (SSSR count). The van der Waals surface area contributed by atoms with Crippen LogP contribution < -0.4 is 26.4 Å². The van der Waals surface area contributed by atoms with Crippen LogP contribution in [0.15, 0.2) is 59.5 Å². The van der Waals surface area contributed by atoms with Crippen molar-refractivity contribution in [3.63, 3.8) is 0 Å². The van der Waals surface area contributed by atoms with Crippen molar-refractivity contribution in [2.45, 2.75) is 51.2 Å². The van der Waals surface area contributed by atoms with Crippen molar-refractivity contribution >= 4 is 34.0 Å². The van der Waals surface area contributed by atoms with Crippen LogP contribution in [0, 0.1) is 0 Å². The summed E-state index contributed by atoms with van der Waals surface area (Å²) < 4.78 is 44.2. The van der Waals surface area contributed by atoms with Crippen molar-refractivity contribution in [1.82, 2.24) is 19.9 Å². The Kier molecular flexibility index (Phi) is 8.00. The number of halogens is 3. The van der Waals surface area contributed by atoms with E-state index in [-0.39, 0.29) is 34.8 Å². The number of rotatable bonds is 7. The van der Waals surface area contributed by atoms with Crippen LogP contribution in [0.1, 0.15) is 55.3 Å². The fourth-order valence-corrected chi connectivity index (χ4v) is 6.32. The normalized spacial score (nSPS) is 17.2. The van der Waals surface area contributed by atoms with Gasteiger partial charge in [-0.3, -0.25) is 9.36 Å². The zero-order valence-electron chi connectivity index (χ0n) is 24.3. The van der Waals surface area contributed by atoms with Crippen LogP contribution in [0.5, 0.6) is 0 Å². The molecule has 1 fully saturated rings. The van der Waals surface area contributed by atoms with E-state index in [1.807, 2.05) is 24.3 Å². The lowest BCUT2D eigenvalue weighted by Gasteiger charge is -2.31. The number of nitrogens with one attached hydrogen (secondary N) is 3. The second kappa shape index (κ2) is 11.9. The fourth-order valence-electron chi connectivity index (χ4n) is 6.32. The summed E-state index contributed by atoms with van der Waals surface area (Å²) >= 11 is 0. The lowest BCUT2D eigenvalue weighted by Crippen LogP contribution is -2.44. The zero-order valence-corrected chi connectivity index (χ0v) is 24.3. The molecular weight excluding hydrogens is 555 g/mol. The fraction of sp³-hybridized carbons (Fsp3) is 0.406. The lowest BCUT2D eigenvalue weighted by molar-refractivity contribution is -0.137. The number of alkyl halides is 3. The number of nitrogens with zero attached hydrogens (tertiary/aromatic N) is 4. The highest BCUT2D eigenvalue weighted by atomic mass is 19.4. The summed E-state index contributed by atoms with van der Waals surface area (Å²) in [6, 6.07) is 13.9. The van der Waals surface area contributed by atoms with Crippen molar-refractivity contribution in [3.8, 4) is 0 Å². The number of fused-ring (bicyclic) bond motifs is 2. The number of hydrogen-bond donors (Lipinski definition) is 3. The molecule has 4 heterocycles. The van der Waals surface area contributed by atoms with Gasteiger partial charge in [0.1, 0.15) is 5.65 Å². The molecule has 0 radical (unpaired) electrons. The maximum Gasteiger partial charge on any atom is 0.418 e. The molecule has 0 saturated carbocycles. The number of aromatic nitrogens is 3. The highest BCUT2D eigenvalue weighted by molar-refractivity contribution is 5.77. The third-order valence-corrected chi connectivity index (χ3v) is 8.61. The molecule has 2 aromatic carbocycles. The largest absolute Gasteiger partial charge is 0.418 e. The number of hydrogen-bond acceptors (Lipinski definition) is 7. The molecule has 0 aliphatic carbocycles. The zero-order chi connectivity index (χ0) is 30.1. The van der Waals surface area contributed by atoms with Crippen LogP contribution in [-0.4, -0.2) is 47.3 Å². The van der Waals surface area contributed by atoms with E-state index in [0.29, 0.717) is 44.8 Å². The number of piperazine rings is 1. The summed E-state index contributed by atoms with van der Waals surface area (Å²) in [5.74, 6) is 0.225. The molecule has 1 unspecified atom stereocenters. The number of benzene rings is 2. The van der Waals surface area contributed by atoms with E-state index in [9.17, 15) is 18.0 Å². The van der Waals surface area contributed by atoms with Crippen LogP contribution in [0.3, 0.4) is 0 Å². The minimum absolute atomic E-state index is 0.0863. The summed E-state index contributed by atoms with van der Waals surface area (Å²) in [5, 5.41) is 10.3. The van der Waals surface area contributed by atoms with Crippen molar-refractivity contribution in [1.29, 1.82) is 0 Å².